The Balaban J connectivity index is 1.49. The van der Waals surface area contributed by atoms with Gasteiger partial charge in [-0.3, -0.25) is 25.2 Å². The quantitative estimate of drug-likeness (QED) is 0.563. The van der Waals surface area contributed by atoms with Crippen molar-refractivity contribution in [3.05, 3.63) is 40.9 Å². The molecule has 33 heavy (non-hydrogen) atoms. The Morgan fingerprint density at radius 3 is 2.61 bits per heavy atom. The fourth-order valence-corrected chi connectivity index (χ4v) is 4.27. The minimum atomic E-state index is -0.486. The number of ether oxygens (including phenoxy) is 1. The van der Waals surface area contributed by atoms with E-state index in [0.717, 1.165) is 5.13 Å². The number of para-hydroxylation sites is 1. The highest BCUT2D eigenvalue weighted by Crippen LogP contribution is 2.26. The van der Waals surface area contributed by atoms with Crippen LogP contribution < -0.4 is 20.7 Å². The Labute approximate surface area is 196 Å². The van der Waals surface area contributed by atoms with Gasteiger partial charge in [-0.15, -0.1) is 0 Å². The van der Waals surface area contributed by atoms with Crippen LogP contribution in [-0.4, -0.2) is 55.6 Å². The van der Waals surface area contributed by atoms with Crippen molar-refractivity contribution in [3.63, 3.8) is 0 Å². The number of nitrogens with one attached hydrogen (secondary N) is 2. The fourth-order valence-electron chi connectivity index (χ4n) is 3.25. The molecule has 1 saturated heterocycles. The molecule has 0 saturated carbocycles. The molecular weight excluding hydrogens is 444 g/mol. The van der Waals surface area contributed by atoms with Crippen molar-refractivity contribution < 1.29 is 19.1 Å². The van der Waals surface area contributed by atoms with Crippen LogP contribution in [0.3, 0.4) is 0 Å². The summed E-state index contributed by atoms with van der Waals surface area (Å²) in [6.07, 6.45) is 0.0298. The number of carbonyl (C=O) groups excluding carboxylic acids is 3. The molecule has 3 amide bonds. The molecule has 1 aliphatic rings. The number of nitrogens with zero attached hydrogens (tertiary/aromatic N) is 4. The molecule has 2 aromatic rings. The van der Waals surface area contributed by atoms with Crippen molar-refractivity contribution in [1.29, 1.82) is 5.26 Å². The Kier molecular flexibility index (Phi) is 8.74. The van der Waals surface area contributed by atoms with Crippen molar-refractivity contribution >= 4 is 39.9 Å². The van der Waals surface area contributed by atoms with Crippen LogP contribution in [0.25, 0.3) is 0 Å². The van der Waals surface area contributed by atoms with E-state index in [-0.39, 0.29) is 31.7 Å². The monoisotopic (exact) mass is 470 g/mol. The van der Waals surface area contributed by atoms with Crippen LogP contribution in [0, 0.1) is 18.3 Å². The van der Waals surface area contributed by atoms with Gasteiger partial charge in [0.25, 0.3) is 5.91 Å². The van der Waals surface area contributed by atoms with Crippen LogP contribution in [0.2, 0.25) is 0 Å². The first-order valence-electron chi connectivity index (χ1n) is 10.6. The van der Waals surface area contributed by atoms with E-state index in [9.17, 15) is 14.4 Å². The molecule has 0 unspecified atom stereocenters. The second-order valence-corrected chi connectivity index (χ2v) is 8.28. The van der Waals surface area contributed by atoms with Gasteiger partial charge in [-0.2, -0.15) is 5.26 Å². The first kappa shape index (κ1) is 24.2. The molecule has 10 nitrogen and oxygen atoms in total. The summed E-state index contributed by atoms with van der Waals surface area (Å²) in [5.74, 6) is -1.21. The third-order valence-electron chi connectivity index (χ3n) is 4.97. The molecule has 1 aromatic carbocycles. The van der Waals surface area contributed by atoms with E-state index in [0.29, 0.717) is 42.6 Å². The maximum atomic E-state index is 12.6. The predicted octanol–water partition coefficient (Wildman–Crippen LogP) is 1.78. The number of anilines is 2. The summed E-state index contributed by atoms with van der Waals surface area (Å²) in [5, 5.41) is 9.62. The van der Waals surface area contributed by atoms with E-state index in [4.69, 9.17) is 10.00 Å². The maximum absolute atomic E-state index is 12.6. The van der Waals surface area contributed by atoms with Gasteiger partial charge in [0.2, 0.25) is 11.8 Å². The summed E-state index contributed by atoms with van der Waals surface area (Å²) in [4.78, 5) is 45.8. The van der Waals surface area contributed by atoms with Crippen LogP contribution in [-0.2, 0) is 14.3 Å². The number of aryl methyl sites for hydroxylation is 1. The van der Waals surface area contributed by atoms with Crippen molar-refractivity contribution in [2.75, 3.05) is 42.6 Å². The molecule has 0 radical (unpaired) electrons. The summed E-state index contributed by atoms with van der Waals surface area (Å²) in [7, 11) is 0. The van der Waals surface area contributed by atoms with Gasteiger partial charge in [0.05, 0.1) is 31.4 Å². The number of morpholine rings is 1. The second kappa shape index (κ2) is 11.9. The van der Waals surface area contributed by atoms with E-state index in [2.05, 4.69) is 20.7 Å². The Bertz CT molecular complexity index is 1010. The molecule has 0 aliphatic carbocycles. The molecule has 174 valence electrons. The lowest BCUT2D eigenvalue weighted by molar-refractivity contribution is -0.125. The maximum Gasteiger partial charge on any atom is 0.281 e. The topological polar surface area (TPSA) is 128 Å². The van der Waals surface area contributed by atoms with Gasteiger partial charge in [0.15, 0.2) is 5.13 Å². The summed E-state index contributed by atoms with van der Waals surface area (Å²) in [6, 6.07) is 11.0. The first-order chi connectivity index (χ1) is 16.0. The molecule has 2 heterocycles. The molecule has 1 aliphatic heterocycles. The van der Waals surface area contributed by atoms with Gasteiger partial charge in [0, 0.05) is 38.2 Å². The lowest BCUT2D eigenvalue weighted by Crippen LogP contribution is -2.42. The third kappa shape index (κ3) is 6.74. The highest BCUT2D eigenvalue weighted by Gasteiger charge is 2.21. The minimum Gasteiger partial charge on any atom is -0.378 e. The molecule has 0 spiro atoms. The standard InChI is InChI=1S/C22H26N6O4S/c1-16-20(33-22(24-16)27-12-14-32-15-13-27)21(31)26-25-18(29)8-9-19(30)28(11-5-10-23)17-6-3-2-4-7-17/h2-4,6-7H,5,8-9,11-15H2,1H3,(H,25,29)(H,26,31). The first-order valence-corrected chi connectivity index (χ1v) is 11.4. The van der Waals surface area contributed by atoms with Crippen LogP contribution in [0.5, 0.6) is 0 Å². The lowest BCUT2D eigenvalue weighted by atomic mass is 10.2. The van der Waals surface area contributed by atoms with E-state index in [1.807, 2.05) is 12.1 Å². The van der Waals surface area contributed by atoms with E-state index >= 15 is 0 Å². The highest BCUT2D eigenvalue weighted by molar-refractivity contribution is 7.17. The summed E-state index contributed by atoms with van der Waals surface area (Å²) >= 11 is 1.26. The zero-order valence-corrected chi connectivity index (χ0v) is 19.2. The molecule has 2 N–H and O–H groups in total. The number of hydrogen-bond donors (Lipinski definition) is 2. The number of rotatable bonds is 8. The van der Waals surface area contributed by atoms with Crippen molar-refractivity contribution in [1.82, 2.24) is 15.8 Å². The number of thiazole rings is 1. The third-order valence-corrected chi connectivity index (χ3v) is 6.19. The van der Waals surface area contributed by atoms with Gasteiger partial charge in [0.1, 0.15) is 4.88 Å². The smallest absolute Gasteiger partial charge is 0.281 e. The molecule has 0 atom stereocenters. The van der Waals surface area contributed by atoms with Gasteiger partial charge >= 0.3 is 0 Å². The molecule has 3 rings (SSSR count). The number of amides is 3. The lowest BCUT2D eigenvalue weighted by Gasteiger charge is -2.25. The zero-order valence-electron chi connectivity index (χ0n) is 18.4. The van der Waals surface area contributed by atoms with Crippen LogP contribution in [0.15, 0.2) is 30.3 Å². The predicted molar refractivity (Wildman–Crippen MR) is 124 cm³/mol. The Hall–Kier alpha value is -3.49. The second-order valence-electron chi connectivity index (χ2n) is 7.30. The van der Waals surface area contributed by atoms with Crippen molar-refractivity contribution in [2.45, 2.75) is 26.2 Å². The zero-order chi connectivity index (χ0) is 23.6. The number of hydrogen-bond acceptors (Lipinski definition) is 8. The van der Waals surface area contributed by atoms with E-state index < -0.39 is 11.8 Å². The van der Waals surface area contributed by atoms with Crippen molar-refractivity contribution in [2.24, 2.45) is 0 Å². The minimum absolute atomic E-state index is 0.0528. The normalized spacial score (nSPS) is 13.2. The molecule has 0 bridgehead atoms. The van der Waals surface area contributed by atoms with Crippen LogP contribution >= 0.6 is 11.3 Å². The molecule has 1 aromatic heterocycles. The van der Waals surface area contributed by atoms with Gasteiger partial charge in [-0.1, -0.05) is 29.5 Å². The summed E-state index contributed by atoms with van der Waals surface area (Å²) < 4.78 is 5.34. The largest absolute Gasteiger partial charge is 0.378 e. The van der Waals surface area contributed by atoms with Crippen molar-refractivity contribution in [3.8, 4) is 6.07 Å². The number of carbonyl (C=O) groups is 3. The van der Waals surface area contributed by atoms with Crippen LogP contribution in [0.1, 0.15) is 34.6 Å². The Morgan fingerprint density at radius 1 is 1.18 bits per heavy atom. The highest BCUT2D eigenvalue weighted by atomic mass is 32.1. The average molecular weight is 471 g/mol. The number of hydrazine groups is 1. The average Bonchev–Trinajstić information content (AvgIpc) is 3.24. The number of nitriles is 1. The summed E-state index contributed by atoms with van der Waals surface area (Å²) in [5.41, 5.74) is 6.01. The SMILES string of the molecule is Cc1nc(N2CCOCC2)sc1C(=O)NNC(=O)CCC(=O)N(CCC#N)c1ccccc1. The van der Waals surface area contributed by atoms with E-state index in [1.165, 1.54) is 16.2 Å². The molecule has 1 fully saturated rings. The number of benzene rings is 1. The summed E-state index contributed by atoms with van der Waals surface area (Å²) in [6.45, 7) is 4.66. The molecule has 11 heteroatoms. The Morgan fingerprint density at radius 2 is 1.91 bits per heavy atom. The van der Waals surface area contributed by atoms with Gasteiger partial charge < -0.3 is 14.5 Å². The molecular formula is C22H26N6O4S. The van der Waals surface area contributed by atoms with Gasteiger partial charge in [-0.05, 0) is 19.1 Å². The van der Waals surface area contributed by atoms with Crippen LogP contribution in [0.4, 0.5) is 10.8 Å². The van der Waals surface area contributed by atoms with E-state index in [1.54, 1.807) is 31.2 Å². The van der Waals surface area contributed by atoms with Gasteiger partial charge in [-0.25, -0.2) is 4.98 Å². The number of aromatic nitrogens is 1. The fraction of sp³-hybridized carbons (Fsp3) is 0.409.